The van der Waals surface area contributed by atoms with Crippen molar-refractivity contribution in [1.29, 1.82) is 0 Å². The number of nitrogens with one attached hydrogen (secondary N) is 1. The van der Waals surface area contributed by atoms with Gasteiger partial charge in [-0.3, -0.25) is 4.90 Å². The lowest BCUT2D eigenvalue weighted by Gasteiger charge is -2.37. The van der Waals surface area contributed by atoms with Crippen molar-refractivity contribution in [3.05, 3.63) is 22.2 Å². The molecule has 0 aromatic heterocycles. The highest BCUT2D eigenvalue weighted by Crippen LogP contribution is 2.38. The summed E-state index contributed by atoms with van der Waals surface area (Å²) in [6, 6.07) is 5.36. The van der Waals surface area contributed by atoms with Gasteiger partial charge in [-0.05, 0) is 47.5 Å². The van der Waals surface area contributed by atoms with Crippen LogP contribution < -0.4 is 14.8 Å². The zero-order chi connectivity index (χ0) is 14.1. The standard InChI is InChI=1S/C15H21BrN2O2.ClH/c1-10-8-18(11(2)7-17-10)9-12-5-13(16)15-14(6-12)19-3-4-20-15;/h5-6,10-11,17H,3-4,7-9H2,1-2H3;1H. The zero-order valence-corrected chi connectivity index (χ0v) is 14.8. The Morgan fingerprint density at radius 1 is 1.29 bits per heavy atom. The zero-order valence-electron chi connectivity index (χ0n) is 12.4. The summed E-state index contributed by atoms with van der Waals surface area (Å²) < 4.78 is 12.3. The van der Waals surface area contributed by atoms with E-state index in [0.717, 1.165) is 35.6 Å². The molecular weight excluding hydrogens is 356 g/mol. The molecule has 1 fully saturated rings. The predicted octanol–water partition coefficient (Wildman–Crippen LogP) is 2.82. The lowest BCUT2D eigenvalue weighted by molar-refractivity contribution is 0.138. The number of hydrogen-bond acceptors (Lipinski definition) is 4. The molecule has 0 bridgehead atoms. The van der Waals surface area contributed by atoms with Gasteiger partial charge in [-0.25, -0.2) is 0 Å². The Morgan fingerprint density at radius 3 is 2.86 bits per heavy atom. The summed E-state index contributed by atoms with van der Waals surface area (Å²) in [5.74, 6) is 1.69. The molecule has 1 aromatic carbocycles. The molecule has 4 nitrogen and oxygen atoms in total. The van der Waals surface area contributed by atoms with Crippen LogP contribution in [0.3, 0.4) is 0 Å². The Labute approximate surface area is 140 Å². The molecule has 1 N–H and O–H groups in total. The van der Waals surface area contributed by atoms with Crippen molar-refractivity contribution in [1.82, 2.24) is 10.2 Å². The van der Waals surface area contributed by atoms with Gasteiger partial charge in [-0.2, -0.15) is 0 Å². The molecule has 0 saturated carbocycles. The number of benzene rings is 1. The van der Waals surface area contributed by atoms with Gasteiger partial charge in [0, 0.05) is 31.7 Å². The van der Waals surface area contributed by atoms with Crippen LogP contribution in [0.5, 0.6) is 11.5 Å². The van der Waals surface area contributed by atoms with Crippen LogP contribution in [0.25, 0.3) is 0 Å². The number of hydrogen-bond donors (Lipinski definition) is 1. The van der Waals surface area contributed by atoms with E-state index >= 15 is 0 Å². The molecule has 2 aliphatic rings. The number of nitrogens with zero attached hydrogens (tertiary/aromatic N) is 1. The first kappa shape index (κ1) is 16.9. The van der Waals surface area contributed by atoms with Gasteiger partial charge in [0.2, 0.25) is 0 Å². The number of ether oxygens (including phenoxy) is 2. The van der Waals surface area contributed by atoms with E-state index in [-0.39, 0.29) is 12.4 Å². The topological polar surface area (TPSA) is 33.7 Å². The van der Waals surface area contributed by atoms with Crippen molar-refractivity contribution in [2.45, 2.75) is 32.5 Å². The maximum Gasteiger partial charge on any atom is 0.175 e. The molecule has 2 aliphatic heterocycles. The van der Waals surface area contributed by atoms with Crippen LogP contribution in [0.4, 0.5) is 0 Å². The van der Waals surface area contributed by atoms with Crippen LogP contribution in [-0.4, -0.2) is 43.3 Å². The van der Waals surface area contributed by atoms with Crippen molar-refractivity contribution in [2.24, 2.45) is 0 Å². The number of halogens is 2. The third-order valence-corrected chi connectivity index (χ3v) is 4.52. The lowest BCUT2D eigenvalue weighted by Crippen LogP contribution is -2.53. The Bertz CT molecular complexity index is 501. The third-order valence-electron chi connectivity index (χ3n) is 3.94. The minimum Gasteiger partial charge on any atom is -0.486 e. The number of fused-ring (bicyclic) bond motifs is 1. The predicted molar refractivity (Wildman–Crippen MR) is 89.7 cm³/mol. The molecule has 2 unspecified atom stereocenters. The van der Waals surface area contributed by atoms with E-state index in [2.05, 4.69) is 52.1 Å². The van der Waals surface area contributed by atoms with Crippen molar-refractivity contribution < 1.29 is 9.47 Å². The molecule has 21 heavy (non-hydrogen) atoms. The summed E-state index contributed by atoms with van der Waals surface area (Å²) in [7, 11) is 0. The van der Waals surface area contributed by atoms with Gasteiger partial charge in [-0.15, -0.1) is 12.4 Å². The largest absolute Gasteiger partial charge is 0.486 e. The molecule has 1 saturated heterocycles. The monoisotopic (exact) mass is 376 g/mol. The van der Waals surface area contributed by atoms with Crippen molar-refractivity contribution >= 4 is 28.3 Å². The summed E-state index contributed by atoms with van der Waals surface area (Å²) in [6.45, 7) is 8.83. The fourth-order valence-electron chi connectivity index (χ4n) is 2.81. The van der Waals surface area contributed by atoms with Crippen LogP contribution in [0.2, 0.25) is 0 Å². The summed E-state index contributed by atoms with van der Waals surface area (Å²) in [4.78, 5) is 2.51. The second-order valence-electron chi connectivity index (χ2n) is 5.69. The highest BCUT2D eigenvalue weighted by Gasteiger charge is 2.23. The first-order valence-corrected chi connectivity index (χ1v) is 7.98. The van der Waals surface area contributed by atoms with Crippen LogP contribution in [0.1, 0.15) is 19.4 Å². The molecule has 118 valence electrons. The quantitative estimate of drug-likeness (QED) is 0.859. The average Bonchev–Trinajstić information content (AvgIpc) is 2.43. The Morgan fingerprint density at radius 2 is 2.05 bits per heavy atom. The maximum absolute atomic E-state index is 5.70. The van der Waals surface area contributed by atoms with Crippen molar-refractivity contribution in [3.8, 4) is 11.5 Å². The van der Waals surface area contributed by atoms with Crippen molar-refractivity contribution in [3.63, 3.8) is 0 Å². The summed E-state index contributed by atoms with van der Waals surface area (Å²) >= 11 is 3.59. The van der Waals surface area contributed by atoms with Gasteiger partial charge in [0.1, 0.15) is 13.2 Å². The molecule has 0 spiro atoms. The Hall–Kier alpha value is -0.490. The third kappa shape index (κ3) is 3.83. The highest BCUT2D eigenvalue weighted by molar-refractivity contribution is 9.10. The van der Waals surface area contributed by atoms with Crippen LogP contribution in [-0.2, 0) is 6.54 Å². The summed E-state index contributed by atoms with van der Waals surface area (Å²) in [5, 5.41) is 3.51. The fraction of sp³-hybridized carbons (Fsp3) is 0.600. The van der Waals surface area contributed by atoms with Crippen LogP contribution in [0.15, 0.2) is 16.6 Å². The lowest BCUT2D eigenvalue weighted by atomic mass is 10.1. The molecule has 1 aromatic rings. The van der Waals surface area contributed by atoms with E-state index in [4.69, 9.17) is 9.47 Å². The van der Waals surface area contributed by atoms with Gasteiger partial charge in [0.25, 0.3) is 0 Å². The summed E-state index contributed by atoms with van der Waals surface area (Å²) in [6.07, 6.45) is 0. The minimum atomic E-state index is 0. The molecule has 0 aliphatic carbocycles. The van der Waals surface area contributed by atoms with Gasteiger partial charge < -0.3 is 14.8 Å². The Kier molecular flexibility index (Phi) is 5.77. The van der Waals surface area contributed by atoms with Gasteiger partial charge in [0.15, 0.2) is 11.5 Å². The number of rotatable bonds is 2. The van der Waals surface area contributed by atoms with Gasteiger partial charge >= 0.3 is 0 Å². The SMILES string of the molecule is CC1CN(Cc2cc(Br)c3c(c2)OCCO3)C(C)CN1.Cl. The molecule has 6 heteroatoms. The first-order valence-electron chi connectivity index (χ1n) is 7.19. The van der Waals surface area contributed by atoms with Crippen LogP contribution in [0, 0.1) is 0 Å². The number of piperazine rings is 1. The van der Waals surface area contributed by atoms with Crippen LogP contribution >= 0.6 is 28.3 Å². The fourth-order valence-corrected chi connectivity index (χ4v) is 3.41. The van der Waals surface area contributed by atoms with E-state index in [1.54, 1.807) is 0 Å². The normalized spacial score (nSPS) is 25.3. The van der Waals surface area contributed by atoms with E-state index in [9.17, 15) is 0 Å². The van der Waals surface area contributed by atoms with E-state index in [1.165, 1.54) is 5.56 Å². The summed E-state index contributed by atoms with van der Waals surface area (Å²) in [5.41, 5.74) is 1.27. The Balaban J connectivity index is 0.00000161. The highest BCUT2D eigenvalue weighted by atomic mass is 79.9. The molecule has 3 rings (SSSR count). The van der Waals surface area contributed by atoms with Crippen molar-refractivity contribution in [2.75, 3.05) is 26.3 Å². The molecule has 0 amide bonds. The molecule has 2 heterocycles. The smallest absolute Gasteiger partial charge is 0.175 e. The first-order chi connectivity index (χ1) is 9.63. The van der Waals surface area contributed by atoms with E-state index in [1.807, 2.05) is 0 Å². The van der Waals surface area contributed by atoms with E-state index < -0.39 is 0 Å². The minimum absolute atomic E-state index is 0. The van der Waals surface area contributed by atoms with Gasteiger partial charge in [-0.1, -0.05) is 0 Å². The second-order valence-corrected chi connectivity index (χ2v) is 6.54. The molecule has 2 atom stereocenters. The molecule has 0 radical (unpaired) electrons. The molecular formula is C15H22BrClN2O2. The average molecular weight is 378 g/mol. The maximum atomic E-state index is 5.70. The second kappa shape index (κ2) is 7.18. The van der Waals surface area contributed by atoms with Gasteiger partial charge in [0.05, 0.1) is 4.47 Å². The van der Waals surface area contributed by atoms with E-state index in [0.29, 0.717) is 25.3 Å².